The molecule has 0 aliphatic carbocycles. The summed E-state index contributed by atoms with van der Waals surface area (Å²) in [5.41, 5.74) is -2.96. The van der Waals surface area contributed by atoms with E-state index in [1.165, 1.54) is 31.3 Å². The monoisotopic (exact) mass is 555 g/mol. The SMILES string of the molecule is C#C[C@]1(COP(=O)(N[C@@H](C)C(=O)OC(C)C)Oc2ccccc2)O[C@@H](n2ccc(=S)[nH]c2=O)[C@@H](F)[C@H]1O. The van der Waals surface area contributed by atoms with Gasteiger partial charge in [0, 0.05) is 6.20 Å². The Morgan fingerprint density at radius 3 is 2.65 bits per heavy atom. The van der Waals surface area contributed by atoms with Crippen molar-refractivity contribution in [3.8, 4) is 18.1 Å². The summed E-state index contributed by atoms with van der Waals surface area (Å²) in [6, 6.07) is 8.09. The molecular formula is C23H27FN3O8PS. The third-order valence-corrected chi connectivity index (χ3v) is 7.09. The molecule has 1 aromatic carbocycles. The largest absolute Gasteiger partial charge is 0.462 e. The number of nitrogens with one attached hydrogen (secondary N) is 2. The van der Waals surface area contributed by atoms with Crippen LogP contribution in [0, 0.1) is 17.0 Å². The number of aromatic amines is 1. The van der Waals surface area contributed by atoms with Gasteiger partial charge in [0.25, 0.3) is 0 Å². The first kappa shape index (κ1) is 28.7. The third kappa shape index (κ3) is 6.73. The smallest absolute Gasteiger partial charge is 0.459 e. The van der Waals surface area contributed by atoms with Gasteiger partial charge >= 0.3 is 19.4 Å². The first-order valence-electron chi connectivity index (χ1n) is 11.2. The number of aliphatic hydroxyl groups excluding tert-OH is 1. The highest BCUT2D eigenvalue weighted by Gasteiger charge is 2.57. The second-order valence-electron chi connectivity index (χ2n) is 8.46. The molecule has 11 nitrogen and oxygen atoms in total. The third-order valence-electron chi connectivity index (χ3n) is 5.23. The predicted molar refractivity (Wildman–Crippen MR) is 133 cm³/mol. The Bertz CT molecular complexity index is 1310. The lowest BCUT2D eigenvalue weighted by molar-refractivity contribution is -0.149. The number of esters is 1. The maximum Gasteiger partial charge on any atom is 0.459 e. The average Bonchev–Trinajstić information content (AvgIpc) is 3.08. The number of alkyl halides is 1. The Balaban J connectivity index is 1.87. The van der Waals surface area contributed by atoms with Gasteiger partial charge in [-0.15, -0.1) is 6.42 Å². The molecule has 3 N–H and O–H groups in total. The summed E-state index contributed by atoms with van der Waals surface area (Å²) in [6.07, 6.45) is 0.555. The number of nitrogens with zero attached hydrogens (tertiary/aromatic N) is 1. The molecule has 0 saturated carbocycles. The van der Waals surface area contributed by atoms with Crippen LogP contribution in [0.4, 0.5) is 4.39 Å². The highest BCUT2D eigenvalue weighted by molar-refractivity contribution is 7.71. The summed E-state index contributed by atoms with van der Waals surface area (Å²) in [6.45, 7) is 3.84. The fourth-order valence-electron chi connectivity index (χ4n) is 3.40. The molecule has 37 heavy (non-hydrogen) atoms. The standard InChI is InChI=1S/C23H27FN3O8PS/c1-5-23(19(28)18(24)20(34-23)27-12-11-17(37)25-22(27)30)13-32-36(31,35-16-9-7-6-8-10-16)26-15(4)21(29)33-14(2)3/h1,6-12,14-15,18-20,28H,13H2,2-4H3,(H,26,31)(H,25,30,37)/t15-,18-,19+,20+,23+,36?/m0/s1. The second-order valence-corrected chi connectivity index (χ2v) is 10.6. The summed E-state index contributed by atoms with van der Waals surface area (Å²) in [5.74, 6) is 1.54. The molecule has 1 saturated heterocycles. The van der Waals surface area contributed by atoms with Gasteiger partial charge in [-0.05, 0) is 39.0 Å². The fraction of sp³-hybridized carbons (Fsp3) is 0.435. The number of hydrogen-bond acceptors (Lipinski definition) is 9. The highest BCUT2D eigenvalue weighted by atomic mass is 32.1. The lowest BCUT2D eigenvalue weighted by atomic mass is 9.98. The molecule has 1 unspecified atom stereocenters. The van der Waals surface area contributed by atoms with Gasteiger partial charge in [0.05, 0.1) is 6.10 Å². The zero-order valence-corrected chi connectivity index (χ0v) is 21.9. The minimum Gasteiger partial charge on any atom is -0.462 e. The second kappa shape index (κ2) is 11.7. The number of carbonyl (C=O) groups is 1. The molecule has 1 aliphatic heterocycles. The van der Waals surface area contributed by atoms with Crippen LogP contribution in [0.25, 0.3) is 0 Å². The van der Waals surface area contributed by atoms with E-state index < -0.39 is 62.3 Å². The van der Waals surface area contributed by atoms with Gasteiger partial charge in [-0.3, -0.25) is 18.9 Å². The minimum absolute atomic E-state index is 0.108. The number of benzene rings is 1. The molecule has 1 fully saturated rings. The number of aromatic nitrogens is 2. The van der Waals surface area contributed by atoms with E-state index in [9.17, 15) is 19.3 Å². The first-order chi connectivity index (χ1) is 17.4. The van der Waals surface area contributed by atoms with Crippen molar-refractivity contribution in [1.82, 2.24) is 14.6 Å². The van der Waals surface area contributed by atoms with Crippen molar-refractivity contribution in [2.45, 2.75) is 57.0 Å². The van der Waals surface area contributed by atoms with Crippen LogP contribution >= 0.6 is 20.0 Å². The summed E-state index contributed by atoms with van der Waals surface area (Å²) < 4.78 is 51.5. The lowest BCUT2D eigenvalue weighted by Gasteiger charge is -2.29. The number of carbonyl (C=O) groups excluding carboxylic acids is 1. The maximum atomic E-state index is 15.1. The molecule has 2 heterocycles. The zero-order chi connectivity index (χ0) is 27.4. The van der Waals surface area contributed by atoms with Crippen molar-refractivity contribution in [2.24, 2.45) is 0 Å². The van der Waals surface area contributed by atoms with Crippen LogP contribution in [0.5, 0.6) is 5.75 Å². The Kier molecular flexibility index (Phi) is 9.07. The fourth-order valence-corrected chi connectivity index (χ4v) is 5.07. The van der Waals surface area contributed by atoms with Crippen LogP contribution in [0.15, 0.2) is 47.4 Å². The summed E-state index contributed by atoms with van der Waals surface area (Å²) in [5, 5.41) is 13.1. The molecule has 0 radical (unpaired) electrons. The number of ether oxygens (including phenoxy) is 2. The van der Waals surface area contributed by atoms with Crippen molar-refractivity contribution in [2.75, 3.05) is 6.61 Å². The number of H-pyrrole nitrogens is 1. The summed E-state index contributed by atoms with van der Waals surface area (Å²) in [7, 11) is -4.41. The quantitative estimate of drug-likeness (QED) is 0.173. The summed E-state index contributed by atoms with van der Waals surface area (Å²) >= 11 is 4.88. The number of para-hydroxylation sites is 1. The molecule has 3 rings (SSSR count). The van der Waals surface area contributed by atoms with E-state index in [1.54, 1.807) is 32.0 Å². The zero-order valence-electron chi connectivity index (χ0n) is 20.2. The first-order valence-corrected chi connectivity index (χ1v) is 13.1. The molecule has 0 spiro atoms. The average molecular weight is 556 g/mol. The van der Waals surface area contributed by atoms with Crippen LogP contribution in [-0.2, 0) is 23.4 Å². The lowest BCUT2D eigenvalue weighted by Crippen LogP contribution is -2.45. The Morgan fingerprint density at radius 2 is 2.05 bits per heavy atom. The van der Waals surface area contributed by atoms with Crippen molar-refractivity contribution >= 4 is 25.9 Å². The molecule has 0 bridgehead atoms. The molecule has 1 aromatic heterocycles. The molecule has 1 aliphatic rings. The van der Waals surface area contributed by atoms with Gasteiger partial charge in [-0.1, -0.05) is 36.3 Å². The van der Waals surface area contributed by atoms with Crippen molar-refractivity contribution in [1.29, 1.82) is 0 Å². The van der Waals surface area contributed by atoms with Gasteiger partial charge in [-0.2, -0.15) is 5.09 Å². The van der Waals surface area contributed by atoms with Crippen LogP contribution in [-0.4, -0.2) is 57.3 Å². The van der Waals surface area contributed by atoms with E-state index in [0.717, 1.165) is 4.57 Å². The number of halogens is 1. The van der Waals surface area contributed by atoms with Crippen LogP contribution < -0.4 is 15.3 Å². The Labute approximate surface area is 217 Å². The van der Waals surface area contributed by atoms with Gasteiger partial charge in [-0.25, -0.2) is 13.8 Å². The summed E-state index contributed by atoms with van der Waals surface area (Å²) in [4.78, 5) is 26.9. The predicted octanol–water partition coefficient (Wildman–Crippen LogP) is 2.64. The molecule has 2 aromatic rings. The number of terminal acetylenes is 1. The topological polar surface area (TPSA) is 141 Å². The Hall–Kier alpha value is -2.85. The van der Waals surface area contributed by atoms with E-state index in [0.29, 0.717) is 0 Å². The van der Waals surface area contributed by atoms with Crippen LogP contribution in [0.1, 0.15) is 27.0 Å². The van der Waals surface area contributed by atoms with E-state index in [-0.39, 0.29) is 10.4 Å². The van der Waals surface area contributed by atoms with Gasteiger partial charge in [0.1, 0.15) is 29.1 Å². The number of aliphatic hydroxyl groups is 1. The van der Waals surface area contributed by atoms with Crippen LogP contribution in [0.3, 0.4) is 0 Å². The molecular weight excluding hydrogens is 528 g/mol. The molecule has 0 amide bonds. The van der Waals surface area contributed by atoms with Crippen molar-refractivity contribution in [3.63, 3.8) is 0 Å². The minimum atomic E-state index is -4.41. The molecule has 200 valence electrons. The number of hydrogen-bond donors (Lipinski definition) is 3. The van der Waals surface area contributed by atoms with E-state index >= 15 is 4.39 Å². The Morgan fingerprint density at radius 1 is 1.38 bits per heavy atom. The van der Waals surface area contributed by atoms with E-state index in [1.807, 2.05) is 0 Å². The van der Waals surface area contributed by atoms with E-state index in [4.69, 9.17) is 37.2 Å². The highest BCUT2D eigenvalue weighted by Crippen LogP contribution is 2.48. The molecule has 6 atom stereocenters. The van der Waals surface area contributed by atoms with Gasteiger partial charge in [0.15, 0.2) is 18.0 Å². The van der Waals surface area contributed by atoms with Gasteiger partial charge < -0.3 is 19.1 Å². The normalized spacial score (nSPS) is 25.7. The molecule has 14 heteroatoms. The number of rotatable bonds is 10. The van der Waals surface area contributed by atoms with Crippen LogP contribution in [0.2, 0.25) is 0 Å². The van der Waals surface area contributed by atoms with Crippen molar-refractivity contribution in [3.05, 3.63) is 57.7 Å². The van der Waals surface area contributed by atoms with E-state index in [2.05, 4.69) is 16.0 Å². The maximum absolute atomic E-state index is 15.1. The van der Waals surface area contributed by atoms with Crippen molar-refractivity contribution < 1.29 is 37.4 Å². The van der Waals surface area contributed by atoms with Gasteiger partial charge in [0.2, 0.25) is 0 Å².